The van der Waals surface area contributed by atoms with Crippen molar-refractivity contribution in [2.24, 2.45) is 5.92 Å². The zero-order valence-electron chi connectivity index (χ0n) is 13.7. The van der Waals surface area contributed by atoms with Crippen molar-refractivity contribution in [1.82, 2.24) is 4.90 Å². The number of esters is 1. The Bertz CT molecular complexity index is 475. The Morgan fingerprint density at radius 1 is 1.36 bits per heavy atom. The molecule has 0 aromatic heterocycles. The molecular formula is C18H27NO3. The third kappa shape index (κ3) is 5.02. The minimum atomic E-state index is -0.0386. The van der Waals surface area contributed by atoms with Crippen LogP contribution < -0.4 is 4.74 Å². The predicted octanol–water partition coefficient (Wildman–Crippen LogP) is 3.04. The summed E-state index contributed by atoms with van der Waals surface area (Å²) in [6.45, 7) is 7.97. The number of carbonyl (C=O) groups excluding carboxylic acids is 1. The standard InChI is InChI=1S/C18H27NO3/c1-3-21-18(20)16-9-6-11-19(14-16)12-7-13-22-17-10-5-4-8-15(17)2/h4-5,8,10,16H,3,6-7,9,11-14H2,1-2H3/t16-/m1/s1. The van der Waals surface area contributed by atoms with Gasteiger partial charge in [-0.15, -0.1) is 0 Å². The van der Waals surface area contributed by atoms with Crippen molar-refractivity contribution < 1.29 is 14.3 Å². The molecule has 0 saturated carbocycles. The van der Waals surface area contributed by atoms with Gasteiger partial charge in [-0.1, -0.05) is 18.2 Å². The first-order chi connectivity index (χ1) is 10.7. The van der Waals surface area contributed by atoms with Crippen molar-refractivity contribution in [1.29, 1.82) is 0 Å². The molecule has 2 rings (SSSR count). The van der Waals surface area contributed by atoms with E-state index in [1.54, 1.807) is 0 Å². The van der Waals surface area contributed by atoms with Gasteiger partial charge in [-0.2, -0.15) is 0 Å². The molecule has 1 aromatic rings. The van der Waals surface area contributed by atoms with E-state index in [1.165, 1.54) is 5.56 Å². The van der Waals surface area contributed by atoms with Crippen LogP contribution >= 0.6 is 0 Å². The Labute approximate surface area is 133 Å². The fourth-order valence-corrected chi connectivity index (χ4v) is 2.90. The number of likely N-dealkylation sites (tertiary alicyclic amines) is 1. The second kappa shape index (κ2) is 8.79. The number of aryl methyl sites for hydroxylation is 1. The molecule has 1 saturated heterocycles. The number of para-hydroxylation sites is 1. The lowest BCUT2D eigenvalue weighted by Gasteiger charge is -2.31. The van der Waals surface area contributed by atoms with E-state index < -0.39 is 0 Å². The highest BCUT2D eigenvalue weighted by atomic mass is 16.5. The van der Waals surface area contributed by atoms with E-state index in [4.69, 9.17) is 9.47 Å². The van der Waals surface area contributed by atoms with Crippen LogP contribution in [-0.4, -0.2) is 43.7 Å². The number of piperidine rings is 1. The zero-order valence-corrected chi connectivity index (χ0v) is 13.7. The summed E-state index contributed by atoms with van der Waals surface area (Å²) in [5.74, 6) is 0.972. The minimum absolute atomic E-state index is 0.0386. The number of rotatable bonds is 7. The lowest BCUT2D eigenvalue weighted by molar-refractivity contribution is -0.149. The van der Waals surface area contributed by atoms with E-state index in [1.807, 2.05) is 25.1 Å². The fraction of sp³-hybridized carbons (Fsp3) is 0.611. The van der Waals surface area contributed by atoms with Gasteiger partial charge in [-0.3, -0.25) is 4.79 Å². The highest BCUT2D eigenvalue weighted by Crippen LogP contribution is 2.19. The molecule has 1 aliphatic rings. The van der Waals surface area contributed by atoms with Crippen molar-refractivity contribution >= 4 is 5.97 Å². The molecule has 1 aromatic carbocycles. The first-order valence-corrected chi connectivity index (χ1v) is 8.28. The van der Waals surface area contributed by atoms with Gasteiger partial charge in [0.05, 0.1) is 19.1 Å². The number of benzene rings is 1. The van der Waals surface area contributed by atoms with Crippen molar-refractivity contribution in [3.05, 3.63) is 29.8 Å². The first-order valence-electron chi connectivity index (χ1n) is 8.28. The molecule has 4 heteroatoms. The maximum absolute atomic E-state index is 11.8. The Balaban J connectivity index is 1.68. The fourth-order valence-electron chi connectivity index (χ4n) is 2.90. The van der Waals surface area contributed by atoms with Crippen LogP contribution in [0, 0.1) is 12.8 Å². The number of nitrogens with zero attached hydrogens (tertiary/aromatic N) is 1. The van der Waals surface area contributed by atoms with E-state index in [0.29, 0.717) is 13.2 Å². The van der Waals surface area contributed by atoms with E-state index in [9.17, 15) is 4.79 Å². The Kier molecular flexibility index (Phi) is 6.72. The molecule has 1 fully saturated rings. The van der Waals surface area contributed by atoms with Gasteiger partial charge in [-0.25, -0.2) is 0 Å². The van der Waals surface area contributed by atoms with Crippen LogP contribution in [0.25, 0.3) is 0 Å². The van der Waals surface area contributed by atoms with E-state index in [2.05, 4.69) is 17.9 Å². The Hall–Kier alpha value is -1.55. The molecule has 0 N–H and O–H groups in total. The van der Waals surface area contributed by atoms with Gasteiger partial charge in [-0.05, 0) is 51.3 Å². The van der Waals surface area contributed by atoms with Crippen LogP contribution in [0.2, 0.25) is 0 Å². The van der Waals surface area contributed by atoms with Crippen molar-refractivity contribution in [3.63, 3.8) is 0 Å². The summed E-state index contributed by atoms with van der Waals surface area (Å²) in [7, 11) is 0. The normalized spacial score (nSPS) is 18.9. The molecule has 1 aliphatic heterocycles. The van der Waals surface area contributed by atoms with E-state index >= 15 is 0 Å². The molecule has 0 amide bonds. The van der Waals surface area contributed by atoms with E-state index in [-0.39, 0.29) is 11.9 Å². The van der Waals surface area contributed by atoms with Gasteiger partial charge in [0.1, 0.15) is 5.75 Å². The molecule has 1 atom stereocenters. The lowest BCUT2D eigenvalue weighted by Crippen LogP contribution is -2.40. The van der Waals surface area contributed by atoms with Crippen molar-refractivity contribution in [2.75, 3.05) is 32.8 Å². The average Bonchev–Trinajstić information content (AvgIpc) is 2.54. The summed E-state index contributed by atoms with van der Waals surface area (Å²) >= 11 is 0. The maximum Gasteiger partial charge on any atom is 0.310 e. The molecule has 122 valence electrons. The van der Waals surface area contributed by atoms with Crippen LogP contribution in [0.15, 0.2) is 24.3 Å². The summed E-state index contributed by atoms with van der Waals surface area (Å²) in [5, 5.41) is 0. The first kappa shape index (κ1) is 16.8. The maximum atomic E-state index is 11.8. The summed E-state index contributed by atoms with van der Waals surface area (Å²) in [6, 6.07) is 8.08. The van der Waals surface area contributed by atoms with Gasteiger partial charge in [0.25, 0.3) is 0 Å². The number of ether oxygens (including phenoxy) is 2. The molecule has 22 heavy (non-hydrogen) atoms. The summed E-state index contributed by atoms with van der Waals surface area (Å²) < 4.78 is 11.0. The van der Waals surface area contributed by atoms with Gasteiger partial charge in [0.15, 0.2) is 0 Å². The summed E-state index contributed by atoms with van der Waals surface area (Å²) in [5.41, 5.74) is 1.17. The van der Waals surface area contributed by atoms with E-state index in [0.717, 1.165) is 44.6 Å². The molecule has 1 heterocycles. The highest BCUT2D eigenvalue weighted by molar-refractivity contribution is 5.72. The number of hydrogen-bond donors (Lipinski definition) is 0. The quantitative estimate of drug-likeness (QED) is 0.573. The Morgan fingerprint density at radius 3 is 2.95 bits per heavy atom. The predicted molar refractivity (Wildman–Crippen MR) is 87.1 cm³/mol. The Morgan fingerprint density at radius 2 is 2.18 bits per heavy atom. The zero-order chi connectivity index (χ0) is 15.8. The van der Waals surface area contributed by atoms with Crippen LogP contribution in [-0.2, 0) is 9.53 Å². The van der Waals surface area contributed by atoms with Gasteiger partial charge >= 0.3 is 5.97 Å². The van der Waals surface area contributed by atoms with Crippen LogP contribution in [0.5, 0.6) is 5.75 Å². The molecular weight excluding hydrogens is 278 g/mol. The molecule has 0 unspecified atom stereocenters. The SMILES string of the molecule is CCOC(=O)[C@@H]1CCCN(CCCOc2ccccc2C)C1. The van der Waals surface area contributed by atoms with Gasteiger partial charge < -0.3 is 14.4 Å². The average molecular weight is 305 g/mol. The van der Waals surface area contributed by atoms with Crippen LogP contribution in [0.4, 0.5) is 0 Å². The monoisotopic (exact) mass is 305 g/mol. The minimum Gasteiger partial charge on any atom is -0.493 e. The second-order valence-corrected chi connectivity index (χ2v) is 5.86. The number of hydrogen-bond acceptors (Lipinski definition) is 4. The van der Waals surface area contributed by atoms with Crippen molar-refractivity contribution in [2.45, 2.75) is 33.1 Å². The molecule has 0 spiro atoms. The van der Waals surface area contributed by atoms with Crippen LogP contribution in [0.3, 0.4) is 0 Å². The smallest absolute Gasteiger partial charge is 0.310 e. The molecule has 4 nitrogen and oxygen atoms in total. The van der Waals surface area contributed by atoms with Crippen molar-refractivity contribution in [3.8, 4) is 5.75 Å². The lowest BCUT2D eigenvalue weighted by atomic mass is 9.98. The summed E-state index contributed by atoms with van der Waals surface area (Å²) in [4.78, 5) is 14.2. The third-order valence-corrected chi connectivity index (χ3v) is 4.10. The highest BCUT2D eigenvalue weighted by Gasteiger charge is 2.26. The molecule has 0 radical (unpaired) electrons. The molecule has 0 bridgehead atoms. The molecule has 0 aliphatic carbocycles. The van der Waals surface area contributed by atoms with Crippen LogP contribution in [0.1, 0.15) is 31.7 Å². The van der Waals surface area contributed by atoms with Gasteiger partial charge in [0.2, 0.25) is 0 Å². The van der Waals surface area contributed by atoms with Gasteiger partial charge in [0, 0.05) is 13.1 Å². The second-order valence-electron chi connectivity index (χ2n) is 5.86. The summed E-state index contributed by atoms with van der Waals surface area (Å²) in [6.07, 6.45) is 3.00. The largest absolute Gasteiger partial charge is 0.493 e. The number of carbonyl (C=O) groups is 1. The topological polar surface area (TPSA) is 38.8 Å². The third-order valence-electron chi connectivity index (χ3n) is 4.10.